The number of nitrogens with one attached hydrogen (secondary N) is 1. The number of rotatable bonds is 2. The summed E-state index contributed by atoms with van der Waals surface area (Å²) in [6.45, 7) is 9.10. The molecule has 4 aliphatic heterocycles. The highest BCUT2D eigenvalue weighted by Crippen LogP contribution is 2.39. The predicted octanol–water partition coefficient (Wildman–Crippen LogP) is 1.54. The molecule has 3 heteroatoms. The van der Waals surface area contributed by atoms with E-state index < -0.39 is 0 Å². The Labute approximate surface area is 117 Å². The predicted molar refractivity (Wildman–Crippen MR) is 78.3 cm³/mol. The Balaban J connectivity index is 1.46. The summed E-state index contributed by atoms with van der Waals surface area (Å²) >= 11 is 0. The maximum Gasteiger partial charge on any atom is 0.0140 e. The van der Waals surface area contributed by atoms with Crippen molar-refractivity contribution in [2.24, 2.45) is 11.8 Å². The molecule has 1 N–H and O–H groups in total. The quantitative estimate of drug-likeness (QED) is 0.815. The summed E-state index contributed by atoms with van der Waals surface area (Å²) in [6.07, 6.45) is 7.16. The molecule has 0 radical (unpaired) electrons. The van der Waals surface area contributed by atoms with E-state index in [0.29, 0.717) is 0 Å². The van der Waals surface area contributed by atoms with E-state index in [1.807, 2.05) is 0 Å². The Morgan fingerprint density at radius 3 is 2.95 bits per heavy atom. The van der Waals surface area contributed by atoms with Gasteiger partial charge in [0.15, 0.2) is 0 Å². The fourth-order valence-electron chi connectivity index (χ4n) is 5.52. The highest BCUT2D eigenvalue weighted by Gasteiger charge is 2.46. The summed E-state index contributed by atoms with van der Waals surface area (Å²) in [5, 5.41) is 3.61. The van der Waals surface area contributed by atoms with Crippen molar-refractivity contribution in [3.05, 3.63) is 0 Å². The number of hydrogen-bond donors (Lipinski definition) is 1. The maximum atomic E-state index is 3.61. The van der Waals surface area contributed by atoms with Crippen LogP contribution in [-0.4, -0.2) is 60.6 Å². The van der Waals surface area contributed by atoms with Crippen LogP contribution in [0.25, 0.3) is 0 Å². The van der Waals surface area contributed by atoms with Gasteiger partial charge in [-0.15, -0.1) is 0 Å². The van der Waals surface area contributed by atoms with E-state index in [1.54, 1.807) is 0 Å². The first-order valence-corrected chi connectivity index (χ1v) is 8.57. The van der Waals surface area contributed by atoms with Crippen LogP contribution in [0, 0.1) is 11.8 Å². The van der Waals surface area contributed by atoms with Crippen LogP contribution in [0.2, 0.25) is 0 Å². The van der Waals surface area contributed by atoms with E-state index in [-0.39, 0.29) is 0 Å². The van der Waals surface area contributed by atoms with Gasteiger partial charge in [0.05, 0.1) is 0 Å². The van der Waals surface area contributed by atoms with Crippen LogP contribution in [0.5, 0.6) is 0 Å². The van der Waals surface area contributed by atoms with Crippen LogP contribution in [-0.2, 0) is 0 Å². The van der Waals surface area contributed by atoms with E-state index in [2.05, 4.69) is 22.0 Å². The monoisotopic (exact) mass is 263 g/mol. The average Bonchev–Trinajstić information content (AvgIpc) is 3.12. The molecule has 0 aliphatic carbocycles. The zero-order valence-electron chi connectivity index (χ0n) is 12.4. The fraction of sp³-hybridized carbons (Fsp3) is 1.00. The zero-order chi connectivity index (χ0) is 12.8. The van der Waals surface area contributed by atoms with E-state index in [0.717, 1.165) is 30.0 Å². The summed E-state index contributed by atoms with van der Waals surface area (Å²) < 4.78 is 0. The lowest BCUT2D eigenvalue weighted by Crippen LogP contribution is -2.50. The Kier molecular flexibility index (Phi) is 3.33. The third-order valence-corrected chi connectivity index (χ3v) is 6.44. The lowest BCUT2D eigenvalue weighted by atomic mass is 9.91. The molecule has 0 bridgehead atoms. The van der Waals surface area contributed by atoms with Gasteiger partial charge in [-0.05, 0) is 70.1 Å². The van der Waals surface area contributed by atoms with Crippen molar-refractivity contribution < 1.29 is 0 Å². The third kappa shape index (κ3) is 2.05. The van der Waals surface area contributed by atoms with Crippen molar-refractivity contribution in [2.75, 3.05) is 32.7 Å². The molecule has 4 aliphatic rings. The summed E-state index contributed by atoms with van der Waals surface area (Å²) in [6, 6.07) is 2.70. The number of likely N-dealkylation sites (tertiary alicyclic amines) is 1. The highest BCUT2D eigenvalue weighted by molar-refractivity contribution is 5.02. The van der Waals surface area contributed by atoms with Crippen molar-refractivity contribution in [1.29, 1.82) is 0 Å². The highest BCUT2D eigenvalue weighted by atomic mass is 15.3. The van der Waals surface area contributed by atoms with Crippen LogP contribution < -0.4 is 5.32 Å². The smallest absolute Gasteiger partial charge is 0.0140 e. The van der Waals surface area contributed by atoms with Crippen LogP contribution in [0.1, 0.15) is 39.0 Å². The van der Waals surface area contributed by atoms with E-state index in [1.165, 1.54) is 64.8 Å². The largest absolute Gasteiger partial charge is 0.316 e. The zero-order valence-corrected chi connectivity index (χ0v) is 12.4. The Morgan fingerprint density at radius 1 is 1.11 bits per heavy atom. The van der Waals surface area contributed by atoms with Crippen molar-refractivity contribution in [1.82, 2.24) is 15.1 Å². The van der Waals surface area contributed by atoms with E-state index >= 15 is 0 Å². The van der Waals surface area contributed by atoms with Crippen molar-refractivity contribution >= 4 is 0 Å². The Morgan fingerprint density at radius 2 is 2.05 bits per heavy atom. The molecule has 0 spiro atoms. The first-order valence-electron chi connectivity index (χ1n) is 8.57. The SMILES string of the molecule is CCC1C2CNCC2CN1C1CCN2CCCC2C1. The lowest BCUT2D eigenvalue weighted by molar-refractivity contribution is 0.0698. The molecular weight excluding hydrogens is 234 g/mol. The number of fused-ring (bicyclic) bond motifs is 2. The number of piperidine rings is 1. The standard InChI is InChI=1S/C16H29N3/c1-2-16-15-10-17-9-12(15)11-19(16)14-5-7-18-6-3-4-13(18)8-14/h12-17H,2-11H2,1H3. The van der Waals surface area contributed by atoms with Gasteiger partial charge in [-0.3, -0.25) is 4.90 Å². The summed E-state index contributed by atoms with van der Waals surface area (Å²) in [4.78, 5) is 5.70. The molecule has 0 aromatic heterocycles. The molecule has 19 heavy (non-hydrogen) atoms. The molecule has 108 valence electrons. The van der Waals surface area contributed by atoms with Gasteiger partial charge in [0, 0.05) is 24.7 Å². The minimum absolute atomic E-state index is 0.873. The minimum Gasteiger partial charge on any atom is -0.316 e. The lowest BCUT2D eigenvalue weighted by Gasteiger charge is -2.42. The second kappa shape index (κ2) is 5.01. The van der Waals surface area contributed by atoms with Gasteiger partial charge in [-0.2, -0.15) is 0 Å². The third-order valence-electron chi connectivity index (χ3n) is 6.44. The van der Waals surface area contributed by atoms with Gasteiger partial charge in [-0.25, -0.2) is 0 Å². The molecule has 0 amide bonds. The van der Waals surface area contributed by atoms with Gasteiger partial charge >= 0.3 is 0 Å². The molecular formula is C16H29N3. The summed E-state index contributed by atoms with van der Waals surface area (Å²) in [7, 11) is 0. The maximum absolute atomic E-state index is 3.61. The van der Waals surface area contributed by atoms with Crippen LogP contribution in [0.15, 0.2) is 0 Å². The van der Waals surface area contributed by atoms with E-state index in [9.17, 15) is 0 Å². The van der Waals surface area contributed by atoms with Gasteiger partial charge in [-0.1, -0.05) is 6.92 Å². The number of nitrogens with zero attached hydrogens (tertiary/aromatic N) is 2. The first-order chi connectivity index (χ1) is 9.36. The van der Waals surface area contributed by atoms with Crippen molar-refractivity contribution in [3.8, 4) is 0 Å². The fourth-order valence-corrected chi connectivity index (χ4v) is 5.52. The normalized spacial score (nSPS) is 47.5. The second-order valence-corrected chi connectivity index (χ2v) is 7.26. The van der Waals surface area contributed by atoms with Crippen LogP contribution in [0.3, 0.4) is 0 Å². The van der Waals surface area contributed by atoms with Gasteiger partial charge in [0.1, 0.15) is 0 Å². The Bertz CT molecular complexity index is 332. The molecule has 0 aromatic rings. The summed E-state index contributed by atoms with van der Waals surface area (Å²) in [5.41, 5.74) is 0. The summed E-state index contributed by atoms with van der Waals surface area (Å²) in [5.74, 6) is 1.90. The molecule has 4 fully saturated rings. The molecule has 4 heterocycles. The van der Waals surface area contributed by atoms with Crippen molar-refractivity contribution in [2.45, 2.75) is 57.2 Å². The first kappa shape index (κ1) is 12.6. The van der Waals surface area contributed by atoms with E-state index in [4.69, 9.17) is 0 Å². The molecule has 0 saturated carbocycles. The van der Waals surface area contributed by atoms with Crippen molar-refractivity contribution in [3.63, 3.8) is 0 Å². The molecule has 0 aromatic carbocycles. The minimum atomic E-state index is 0.873. The molecule has 4 rings (SSSR count). The van der Waals surface area contributed by atoms with Gasteiger partial charge in [0.2, 0.25) is 0 Å². The average molecular weight is 263 g/mol. The topological polar surface area (TPSA) is 18.5 Å². The van der Waals surface area contributed by atoms with Crippen LogP contribution >= 0.6 is 0 Å². The molecule has 5 atom stereocenters. The van der Waals surface area contributed by atoms with Crippen LogP contribution in [0.4, 0.5) is 0 Å². The Hall–Kier alpha value is -0.120. The van der Waals surface area contributed by atoms with Gasteiger partial charge in [0.25, 0.3) is 0 Å². The number of hydrogen-bond acceptors (Lipinski definition) is 3. The molecule has 5 unspecified atom stereocenters. The molecule has 3 nitrogen and oxygen atoms in total. The van der Waals surface area contributed by atoms with Gasteiger partial charge < -0.3 is 10.2 Å². The second-order valence-electron chi connectivity index (χ2n) is 7.26. The molecule has 4 saturated heterocycles.